The molecule has 0 fully saturated rings. The van der Waals surface area contributed by atoms with Crippen molar-refractivity contribution in [1.82, 2.24) is 4.90 Å². The number of ether oxygens (including phenoxy) is 1. The van der Waals surface area contributed by atoms with Gasteiger partial charge in [-0.15, -0.1) is 0 Å². The van der Waals surface area contributed by atoms with Gasteiger partial charge in [-0.05, 0) is 33.0 Å². The van der Waals surface area contributed by atoms with Crippen LogP contribution in [-0.4, -0.2) is 56.9 Å². The second-order valence-electron chi connectivity index (χ2n) is 6.40. The Morgan fingerprint density at radius 2 is 2.30 bits per heavy atom. The SMILES string of the molecule is CN(C)CCOc1cc2c(cc1C(N)=O)C1=NCCCC1CN2. The third-order valence-corrected chi connectivity index (χ3v) is 4.38. The zero-order valence-corrected chi connectivity index (χ0v) is 13.8. The molecule has 124 valence electrons. The van der Waals surface area contributed by atoms with Crippen LogP contribution in [0, 0.1) is 5.92 Å². The minimum atomic E-state index is -0.466. The van der Waals surface area contributed by atoms with Crippen molar-refractivity contribution < 1.29 is 9.53 Å². The highest BCUT2D eigenvalue weighted by atomic mass is 16.5. The van der Waals surface area contributed by atoms with Crippen LogP contribution in [-0.2, 0) is 0 Å². The Kier molecular flexibility index (Phi) is 4.52. The zero-order valence-electron chi connectivity index (χ0n) is 13.8. The monoisotopic (exact) mass is 316 g/mol. The van der Waals surface area contributed by atoms with Crippen molar-refractivity contribution in [2.75, 3.05) is 45.7 Å². The zero-order chi connectivity index (χ0) is 16.4. The number of primary amides is 1. The molecule has 0 spiro atoms. The maximum atomic E-state index is 11.8. The number of amides is 1. The topological polar surface area (TPSA) is 80.0 Å². The summed E-state index contributed by atoms with van der Waals surface area (Å²) in [6, 6.07) is 3.73. The molecule has 0 bridgehead atoms. The summed E-state index contributed by atoms with van der Waals surface area (Å²) in [5, 5.41) is 3.44. The molecule has 0 radical (unpaired) electrons. The van der Waals surface area contributed by atoms with Crippen LogP contribution >= 0.6 is 0 Å². The molecule has 3 rings (SSSR count). The van der Waals surface area contributed by atoms with Gasteiger partial charge in [0.1, 0.15) is 12.4 Å². The summed E-state index contributed by atoms with van der Waals surface area (Å²) in [4.78, 5) is 18.6. The van der Waals surface area contributed by atoms with E-state index in [2.05, 4.69) is 10.3 Å². The summed E-state index contributed by atoms with van der Waals surface area (Å²) in [6.07, 6.45) is 2.26. The van der Waals surface area contributed by atoms with E-state index in [0.29, 0.717) is 23.8 Å². The first-order chi connectivity index (χ1) is 11.1. The molecule has 1 unspecified atom stereocenters. The van der Waals surface area contributed by atoms with Crippen molar-refractivity contribution in [3.05, 3.63) is 23.3 Å². The van der Waals surface area contributed by atoms with E-state index in [1.165, 1.54) is 0 Å². The number of nitrogens with one attached hydrogen (secondary N) is 1. The largest absolute Gasteiger partial charge is 0.491 e. The number of carbonyl (C=O) groups is 1. The molecule has 0 saturated carbocycles. The van der Waals surface area contributed by atoms with Gasteiger partial charge < -0.3 is 20.7 Å². The lowest BCUT2D eigenvalue weighted by molar-refractivity contribution is 0.0996. The Hall–Kier alpha value is -2.08. The predicted octanol–water partition coefficient (Wildman–Crippen LogP) is 1.35. The molecule has 6 heteroatoms. The Morgan fingerprint density at radius 1 is 1.48 bits per heavy atom. The van der Waals surface area contributed by atoms with E-state index in [4.69, 9.17) is 10.5 Å². The standard InChI is InChI=1S/C17H24N4O2/c1-21(2)6-7-23-15-9-14-12(8-13(15)17(18)22)16-11(10-20-14)4-3-5-19-16/h8-9,11,20H,3-7,10H2,1-2H3,(H2,18,22). The van der Waals surface area contributed by atoms with Gasteiger partial charge in [-0.2, -0.15) is 0 Å². The van der Waals surface area contributed by atoms with Crippen LogP contribution in [0.4, 0.5) is 5.69 Å². The van der Waals surface area contributed by atoms with Crippen molar-refractivity contribution in [2.45, 2.75) is 12.8 Å². The van der Waals surface area contributed by atoms with Crippen molar-refractivity contribution in [2.24, 2.45) is 16.6 Å². The van der Waals surface area contributed by atoms with E-state index in [1.807, 2.05) is 31.1 Å². The Labute approximate surface area is 136 Å². The number of nitrogens with two attached hydrogens (primary N) is 1. The van der Waals surface area contributed by atoms with E-state index in [9.17, 15) is 4.79 Å². The molecule has 1 amide bonds. The molecule has 0 aliphatic carbocycles. The number of carbonyl (C=O) groups excluding carboxylic acids is 1. The average Bonchev–Trinajstić information content (AvgIpc) is 2.53. The van der Waals surface area contributed by atoms with Gasteiger partial charge in [-0.1, -0.05) is 0 Å². The second-order valence-corrected chi connectivity index (χ2v) is 6.40. The van der Waals surface area contributed by atoms with Crippen LogP contribution in [0.2, 0.25) is 0 Å². The highest BCUT2D eigenvalue weighted by Gasteiger charge is 2.29. The molecule has 2 aliphatic heterocycles. The Bertz CT molecular complexity index is 640. The lowest BCUT2D eigenvalue weighted by Crippen LogP contribution is -2.33. The number of rotatable bonds is 5. The summed E-state index contributed by atoms with van der Waals surface area (Å²) in [5.41, 5.74) is 9.06. The number of fused-ring (bicyclic) bond motifs is 3. The maximum Gasteiger partial charge on any atom is 0.252 e. The minimum absolute atomic E-state index is 0.428. The normalized spacial score (nSPS) is 19.4. The summed E-state index contributed by atoms with van der Waals surface area (Å²) >= 11 is 0. The highest BCUT2D eigenvalue weighted by Crippen LogP contribution is 2.35. The Balaban J connectivity index is 1.93. The fourth-order valence-electron chi connectivity index (χ4n) is 3.13. The number of nitrogens with zero attached hydrogens (tertiary/aromatic N) is 2. The lowest BCUT2D eigenvalue weighted by atomic mass is 9.85. The molecule has 1 atom stereocenters. The molecule has 3 N–H and O–H groups in total. The van der Waals surface area contributed by atoms with E-state index >= 15 is 0 Å². The van der Waals surface area contributed by atoms with Crippen LogP contribution in [0.1, 0.15) is 28.8 Å². The van der Waals surface area contributed by atoms with Crippen LogP contribution < -0.4 is 15.8 Å². The quantitative estimate of drug-likeness (QED) is 0.859. The minimum Gasteiger partial charge on any atom is -0.491 e. The molecule has 1 aromatic carbocycles. The molecule has 23 heavy (non-hydrogen) atoms. The summed E-state index contributed by atoms with van der Waals surface area (Å²) in [6.45, 7) is 3.03. The number of hydrogen-bond donors (Lipinski definition) is 2. The van der Waals surface area contributed by atoms with Gasteiger partial charge in [0.2, 0.25) is 0 Å². The Morgan fingerprint density at radius 3 is 3.04 bits per heavy atom. The second kappa shape index (κ2) is 6.58. The third kappa shape index (κ3) is 3.32. The number of anilines is 1. The average molecular weight is 316 g/mol. The molecular weight excluding hydrogens is 292 g/mol. The number of benzene rings is 1. The van der Waals surface area contributed by atoms with Crippen LogP contribution in [0.25, 0.3) is 0 Å². The van der Waals surface area contributed by atoms with Crippen molar-refractivity contribution >= 4 is 17.3 Å². The first kappa shape index (κ1) is 15.8. The molecule has 2 heterocycles. The van der Waals surface area contributed by atoms with Crippen LogP contribution in [0.15, 0.2) is 17.1 Å². The number of likely N-dealkylation sites (N-methyl/N-ethyl adjacent to an activating group) is 1. The van der Waals surface area contributed by atoms with Crippen LogP contribution in [0.3, 0.4) is 0 Å². The van der Waals surface area contributed by atoms with Gasteiger partial charge in [0.25, 0.3) is 5.91 Å². The predicted molar refractivity (Wildman–Crippen MR) is 91.6 cm³/mol. The summed E-state index contributed by atoms with van der Waals surface area (Å²) in [5.74, 6) is 0.504. The first-order valence-electron chi connectivity index (χ1n) is 8.10. The van der Waals surface area contributed by atoms with E-state index < -0.39 is 5.91 Å². The molecule has 6 nitrogen and oxygen atoms in total. The molecular formula is C17H24N4O2. The van der Waals surface area contributed by atoms with Gasteiger partial charge in [0.05, 0.1) is 5.56 Å². The molecule has 0 saturated heterocycles. The smallest absolute Gasteiger partial charge is 0.252 e. The lowest BCUT2D eigenvalue weighted by Gasteiger charge is -2.31. The van der Waals surface area contributed by atoms with Crippen molar-refractivity contribution in [1.29, 1.82) is 0 Å². The van der Waals surface area contributed by atoms with Crippen molar-refractivity contribution in [3.8, 4) is 5.75 Å². The van der Waals surface area contributed by atoms with E-state index in [-0.39, 0.29) is 0 Å². The first-order valence-corrected chi connectivity index (χ1v) is 8.10. The molecule has 1 aromatic rings. The number of hydrogen-bond acceptors (Lipinski definition) is 5. The fourth-order valence-corrected chi connectivity index (χ4v) is 3.13. The molecule has 2 aliphatic rings. The maximum absolute atomic E-state index is 11.8. The van der Waals surface area contributed by atoms with Gasteiger partial charge >= 0.3 is 0 Å². The van der Waals surface area contributed by atoms with Gasteiger partial charge in [0, 0.05) is 48.6 Å². The number of aliphatic imine (C=N–C) groups is 1. The molecule has 0 aromatic heterocycles. The highest BCUT2D eigenvalue weighted by molar-refractivity contribution is 6.11. The van der Waals surface area contributed by atoms with Crippen molar-refractivity contribution in [3.63, 3.8) is 0 Å². The summed E-state index contributed by atoms with van der Waals surface area (Å²) < 4.78 is 5.79. The van der Waals surface area contributed by atoms with E-state index in [0.717, 1.165) is 49.4 Å². The van der Waals surface area contributed by atoms with Gasteiger partial charge in [-0.25, -0.2) is 0 Å². The van der Waals surface area contributed by atoms with Gasteiger partial charge in [0.15, 0.2) is 0 Å². The van der Waals surface area contributed by atoms with E-state index in [1.54, 1.807) is 0 Å². The summed E-state index contributed by atoms with van der Waals surface area (Å²) in [7, 11) is 3.96. The third-order valence-electron chi connectivity index (χ3n) is 4.38. The van der Waals surface area contributed by atoms with Gasteiger partial charge in [-0.3, -0.25) is 9.79 Å². The van der Waals surface area contributed by atoms with Crippen LogP contribution in [0.5, 0.6) is 5.75 Å². The fraction of sp³-hybridized carbons (Fsp3) is 0.529.